The number of hydrogen-bond donors (Lipinski definition) is 1. The van der Waals surface area contributed by atoms with Crippen LogP contribution in [0.1, 0.15) is 26.7 Å². The van der Waals surface area contributed by atoms with Crippen molar-refractivity contribution in [1.29, 1.82) is 0 Å². The molecule has 108 valence electrons. The van der Waals surface area contributed by atoms with Crippen molar-refractivity contribution in [3.63, 3.8) is 0 Å². The van der Waals surface area contributed by atoms with Crippen LogP contribution in [0.3, 0.4) is 0 Å². The molecule has 1 atom stereocenters. The lowest BCUT2D eigenvalue weighted by Gasteiger charge is -2.17. The van der Waals surface area contributed by atoms with E-state index in [-0.39, 0.29) is 12.7 Å². The molecule has 0 amide bonds. The Labute approximate surface area is 108 Å². The van der Waals surface area contributed by atoms with Gasteiger partial charge in [0, 0.05) is 26.2 Å². The summed E-state index contributed by atoms with van der Waals surface area (Å²) in [5.74, 6) is 0. The topological polar surface area (TPSA) is 74.2 Å². The Balaban J connectivity index is 3.72. The van der Waals surface area contributed by atoms with Crippen LogP contribution in [0.15, 0.2) is 0 Å². The third-order valence-electron chi connectivity index (χ3n) is 2.24. The van der Waals surface area contributed by atoms with E-state index in [1.165, 1.54) is 0 Å². The normalized spacial score (nSPS) is 12.3. The molecule has 0 fully saturated rings. The lowest BCUT2D eigenvalue weighted by molar-refractivity contribution is -0.0211. The van der Waals surface area contributed by atoms with Gasteiger partial charge in [-0.2, -0.15) is 0 Å². The van der Waals surface area contributed by atoms with Crippen LogP contribution < -0.4 is 0 Å². The van der Waals surface area contributed by atoms with Crippen LogP contribution in [0.5, 0.6) is 0 Å². The molecule has 0 saturated heterocycles. The standard InChI is InChI=1S/C12H24O6/c1-3-15-7-5-11(6-8-18-12(13)14)17-10-9-16-4-2/h11H,3-10H2,1-2H3,(H,13,14). The molecule has 0 saturated carbocycles. The first-order valence-corrected chi connectivity index (χ1v) is 6.33. The molecule has 0 rings (SSSR count). The molecule has 6 heteroatoms. The van der Waals surface area contributed by atoms with Crippen molar-refractivity contribution in [2.24, 2.45) is 0 Å². The van der Waals surface area contributed by atoms with Crippen molar-refractivity contribution < 1.29 is 28.8 Å². The lowest BCUT2D eigenvalue weighted by Crippen LogP contribution is -2.21. The van der Waals surface area contributed by atoms with Crippen molar-refractivity contribution in [1.82, 2.24) is 0 Å². The van der Waals surface area contributed by atoms with Crippen LogP contribution in [0.4, 0.5) is 4.79 Å². The van der Waals surface area contributed by atoms with Crippen molar-refractivity contribution in [2.75, 3.05) is 39.6 Å². The van der Waals surface area contributed by atoms with E-state index in [0.717, 1.165) is 6.42 Å². The summed E-state index contributed by atoms with van der Waals surface area (Å²) >= 11 is 0. The van der Waals surface area contributed by atoms with Crippen molar-refractivity contribution in [3.05, 3.63) is 0 Å². The van der Waals surface area contributed by atoms with Crippen molar-refractivity contribution >= 4 is 6.16 Å². The van der Waals surface area contributed by atoms with E-state index in [4.69, 9.17) is 19.3 Å². The van der Waals surface area contributed by atoms with E-state index < -0.39 is 6.16 Å². The van der Waals surface area contributed by atoms with E-state index in [1.54, 1.807) is 0 Å². The number of carbonyl (C=O) groups is 1. The Morgan fingerprint density at radius 2 is 1.61 bits per heavy atom. The Morgan fingerprint density at radius 1 is 1.00 bits per heavy atom. The monoisotopic (exact) mass is 264 g/mol. The third-order valence-corrected chi connectivity index (χ3v) is 2.24. The first-order valence-electron chi connectivity index (χ1n) is 6.33. The van der Waals surface area contributed by atoms with Gasteiger partial charge in [-0.25, -0.2) is 4.79 Å². The number of ether oxygens (including phenoxy) is 4. The second-order valence-corrected chi connectivity index (χ2v) is 3.58. The Hall–Kier alpha value is -0.850. The van der Waals surface area contributed by atoms with Crippen molar-refractivity contribution in [3.8, 4) is 0 Å². The Morgan fingerprint density at radius 3 is 2.22 bits per heavy atom. The summed E-state index contributed by atoms with van der Waals surface area (Å²) in [7, 11) is 0. The summed E-state index contributed by atoms with van der Waals surface area (Å²) in [6, 6.07) is 0. The van der Waals surface area contributed by atoms with Gasteiger partial charge in [-0.05, 0) is 20.3 Å². The van der Waals surface area contributed by atoms with Crippen LogP contribution in [-0.2, 0) is 18.9 Å². The molecule has 0 aromatic carbocycles. The highest BCUT2D eigenvalue weighted by Crippen LogP contribution is 2.05. The molecule has 1 unspecified atom stereocenters. The quantitative estimate of drug-likeness (QED) is 0.429. The zero-order valence-electron chi connectivity index (χ0n) is 11.2. The average molecular weight is 264 g/mol. The highest BCUT2D eigenvalue weighted by Gasteiger charge is 2.10. The van der Waals surface area contributed by atoms with Gasteiger partial charge >= 0.3 is 6.16 Å². The van der Waals surface area contributed by atoms with Crippen LogP contribution in [0, 0.1) is 0 Å². The van der Waals surface area contributed by atoms with E-state index in [0.29, 0.717) is 39.5 Å². The number of rotatable bonds is 12. The van der Waals surface area contributed by atoms with E-state index in [9.17, 15) is 4.79 Å². The second kappa shape index (κ2) is 12.6. The summed E-state index contributed by atoms with van der Waals surface area (Å²) in [5, 5.41) is 8.38. The predicted molar refractivity (Wildman–Crippen MR) is 65.9 cm³/mol. The zero-order valence-corrected chi connectivity index (χ0v) is 11.2. The maximum atomic E-state index is 10.2. The molecule has 0 aromatic rings. The van der Waals surface area contributed by atoms with Gasteiger partial charge in [-0.3, -0.25) is 0 Å². The maximum Gasteiger partial charge on any atom is 0.505 e. The van der Waals surface area contributed by atoms with Gasteiger partial charge in [-0.1, -0.05) is 0 Å². The molecule has 0 aliphatic rings. The van der Waals surface area contributed by atoms with Gasteiger partial charge in [0.05, 0.1) is 25.9 Å². The molecule has 0 radical (unpaired) electrons. The van der Waals surface area contributed by atoms with Crippen LogP contribution in [-0.4, -0.2) is 57.0 Å². The molecule has 0 bridgehead atoms. The zero-order chi connectivity index (χ0) is 13.6. The summed E-state index contributed by atoms with van der Waals surface area (Å²) < 4.78 is 20.5. The molecule has 0 spiro atoms. The fourth-order valence-electron chi connectivity index (χ4n) is 1.37. The molecular formula is C12H24O6. The molecule has 18 heavy (non-hydrogen) atoms. The molecule has 0 aromatic heterocycles. The highest BCUT2D eigenvalue weighted by molar-refractivity contribution is 5.56. The lowest BCUT2D eigenvalue weighted by atomic mass is 10.2. The minimum atomic E-state index is -1.26. The molecular weight excluding hydrogens is 240 g/mol. The Bertz CT molecular complexity index is 197. The number of carboxylic acid groups (broad SMARTS) is 1. The summed E-state index contributed by atoms with van der Waals surface area (Å²) in [6.07, 6.45) is -0.0572. The van der Waals surface area contributed by atoms with Gasteiger partial charge < -0.3 is 24.1 Å². The SMILES string of the molecule is CCOCCOC(CCOCC)CCOC(=O)O. The summed E-state index contributed by atoms with van der Waals surface area (Å²) in [5.41, 5.74) is 0. The Kier molecular flexibility index (Phi) is 12.0. The number of hydrogen-bond acceptors (Lipinski definition) is 5. The van der Waals surface area contributed by atoms with Gasteiger partial charge in [-0.15, -0.1) is 0 Å². The third kappa shape index (κ3) is 11.6. The molecule has 6 nitrogen and oxygen atoms in total. The molecule has 0 heterocycles. The van der Waals surface area contributed by atoms with E-state index in [1.807, 2.05) is 13.8 Å². The van der Waals surface area contributed by atoms with Gasteiger partial charge in [0.15, 0.2) is 0 Å². The van der Waals surface area contributed by atoms with Gasteiger partial charge in [0.25, 0.3) is 0 Å². The van der Waals surface area contributed by atoms with Crippen LogP contribution in [0.2, 0.25) is 0 Å². The van der Waals surface area contributed by atoms with E-state index in [2.05, 4.69) is 4.74 Å². The largest absolute Gasteiger partial charge is 0.505 e. The van der Waals surface area contributed by atoms with Gasteiger partial charge in [0.2, 0.25) is 0 Å². The fraction of sp³-hybridized carbons (Fsp3) is 0.917. The highest BCUT2D eigenvalue weighted by atomic mass is 16.7. The van der Waals surface area contributed by atoms with Crippen molar-refractivity contribution in [2.45, 2.75) is 32.8 Å². The summed E-state index contributed by atoms with van der Waals surface area (Å²) in [6.45, 7) is 6.96. The smallest absolute Gasteiger partial charge is 0.450 e. The average Bonchev–Trinajstić information content (AvgIpc) is 2.33. The first-order chi connectivity index (χ1) is 8.70. The molecule has 0 aliphatic heterocycles. The fourth-order valence-corrected chi connectivity index (χ4v) is 1.37. The second-order valence-electron chi connectivity index (χ2n) is 3.58. The molecule has 1 N–H and O–H groups in total. The first kappa shape index (κ1) is 17.2. The maximum absolute atomic E-state index is 10.2. The predicted octanol–water partition coefficient (Wildman–Crippen LogP) is 1.92. The minimum Gasteiger partial charge on any atom is -0.450 e. The summed E-state index contributed by atoms with van der Waals surface area (Å²) in [4.78, 5) is 10.2. The molecule has 0 aliphatic carbocycles. The van der Waals surface area contributed by atoms with Crippen LogP contribution >= 0.6 is 0 Å². The minimum absolute atomic E-state index is 0.0589. The van der Waals surface area contributed by atoms with Gasteiger partial charge in [0.1, 0.15) is 0 Å². The van der Waals surface area contributed by atoms with Crippen LogP contribution in [0.25, 0.3) is 0 Å². The van der Waals surface area contributed by atoms with E-state index >= 15 is 0 Å².